The van der Waals surface area contributed by atoms with Crippen molar-refractivity contribution in [1.29, 1.82) is 0 Å². The number of carbonyl (C=O) groups excluding carboxylic acids is 1. The molecule has 2 aromatic heterocycles. The molecule has 1 aliphatic heterocycles. The van der Waals surface area contributed by atoms with Gasteiger partial charge in [0.15, 0.2) is 11.5 Å². The highest BCUT2D eigenvalue weighted by Crippen LogP contribution is 2.39. The van der Waals surface area contributed by atoms with E-state index in [2.05, 4.69) is 9.89 Å². The summed E-state index contributed by atoms with van der Waals surface area (Å²) in [4.78, 5) is 18.8. The molecule has 0 spiro atoms. The Bertz CT molecular complexity index is 1100. The molecule has 0 saturated carbocycles. The SMILES string of the molecule is O=C(CCl)N=c1c(O)c(-c2ccc(N3CCCCC3)s2)oc2cc(O)ccc12. The van der Waals surface area contributed by atoms with Gasteiger partial charge in [-0.1, -0.05) is 0 Å². The lowest BCUT2D eigenvalue weighted by Crippen LogP contribution is -2.28. The summed E-state index contributed by atoms with van der Waals surface area (Å²) in [6.07, 6.45) is 3.59. The van der Waals surface area contributed by atoms with Crippen LogP contribution in [0.25, 0.3) is 21.6 Å². The minimum absolute atomic E-state index is 0.0164. The van der Waals surface area contributed by atoms with E-state index in [9.17, 15) is 15.0 Å². The minimum atomic E-state index is -0.566. The maximum absolute atomic E-state index is 11.8. The predicted octanol–water partition coefficient (Wildman–Crippen LogP) is 4.23. The number of phenols is 1. The molecule has 1 aromatic carbocycles. The van der Waals surface area contributed by atoms with E-state index in [0.29, 0.717) is 11.0 Å². The first-order valence-corrected chi connectivity index (χ1v) is 10.4. The Morgan fingerprint density at radius 3 is 2.71 bits per heavy atom. The predicted molar refractivity (Wildman–Crippen MR) is 110 cm³/mol. The topological polar surface area (TPSA) is 86.3 Å². The van der Waals surface area contributed by atoms with Crippen LogP contribution in [0.2, 0.25) is 0 Å². The van der Waals surface area contributed by atoms with Crippen LogP contribution in [-0.2, 0) is 4.79 Å². The van der Waals surface area contributed by atoms with Crippen LogP contribution in [0.5, 0.6) is 11.5 Å². The fourth-order valence-electron chi connectivity index (χ4n) is 3.35. The van der Waals surface area contributed by atoms with Crippen LogP contribution < -0.4 is 10.3 Å². The third kappa shape index (κ3) is 3.59. The second-order valence-corrected chi connectivity index (χ2v) is 7.96. The molecule has 3 aromatic rings. The number of hydrogen-bond acceptors (Lipinski definition) is 6. The van der Waals surface area contributed by atoms with Crippen molar-refractivity contribution in [3.05, 3.63) is 35.7 Å². The second-order valence-electron chi connectivity index (χ2n) is 6.63. The molecule has 1 saturated heterocycles. The van der Waals surface area contributed by atoms with Crippen molar-refractivity contribution >= 4 is 44.8 Å². The van der Waals surface area contributed by atoms with Crippen molar-refractivity contribution in [2.75, 3.05) is 23.9 Å². The molecular formula is C20H19ClN2O4S. The molecule has 6 nitrogen and oxygen atoms in total. The number of nitrogens with zero attached hydrogens (tertiary/aromatic N) is 2. The van der Waals surface area contributed by atoms with Crippen molar-refractivity contribution in [1.82, 2.24) is 0 Å². The lowest BCUT2D eigenvalue weighted by Gasteiger charge is -2.27. The first-order chi connectivity index (χ1) is 13.6. The summed E-state index contributed by atoms with van der Waals surface area (Å²) in [5.74, 6) is -0.846. The number of fused-ring (bicyclic) bond motifs is 1. The van der Waals surface area contributed by atoms with Crippen LogP contribution in [0.3, 0.4) is 0 Å². The van der Waals surface area contributed by atoms with Crippen LogP contribution in [0.15, 0.2) is 39.7 Å². The molecule has 1 fully saturated rings. The normalized spacial score (nSPS) is 15.3. The average Bonchev–Trinajstić information content (AvgIpc) is 3.20. The molecule has 28 heavy (non-hydrogen) atoms. The summed E-state index contributed by atoms with van der Waals surface area (Å²) in [6, 6.07) is 8.32. The monoisotopic (exact) mass is 418 g/mol. The molecule has 0 atom stereocenters. The van der Waals surface area contributed by atoms with E-state index < -0.39 is 5.91 Å². The summed E-state index contributed by atoms with van der Waals surface area (Å²) in [6.45, 7) is 2.03. The molecule has 146 valence electrons. The Balaban J connectivity index is 1.87. The summed E-state index contributed by atoms with van der Waals surface area (Å²) in [5, 5.41) is 22.3. The Kier molecular flexibility index (Phi) is 5.28. The highest BCUT2D eigenvalue weighted by molar-refractivity contribution is 7.19. The van der Waals surface area contributed by atoms with Crippen LogP contribution in [0, 0.1) is 0 Å². The van der Waals surface area contributed by atoms with Crippen molar-refractivity contribution < 1.29 is 19.4 Å². The van der Waals surface area contributed by atoms with Crippen molar-refractivity contribution in [2.24, 2.45) is 4.99 Å². The Labute approximate surface area is 170 Å². The fraction of sp³-hybridized carbons (Fsp3) is 0.300. The third-order valence-corrected chi connectivity index (χ3v) is 6.08. The number of halogens is 1. The van der Waals surface area contributed by atoms with Gasteiger partial charge in [0.25, 0.3) is 5.91 Å². The van der Waals surface area contributed by atoms with Gasteiger partial charge in [-0.25, -0.2) is 4.99 Å². The molecule has 1 aliphatic rings. The van der Waals surface area contributed by atoms with Crippen molar-refractivity contribution in [3.63, 3.8) is 0 Å². The lowest BCUT2D eigenvalue weighted by molar-refractivity contribution is -0.115. The molecule has 2 N–H and O–H groups in total. The number of carbonyl (C=O) groups is 1. The highest BCUT2D eigenvalue weighted by atomic mass is 35.5. The number of thiophene rings is 1. The molecule has 8 heteroatoms. The van der Waals surface area contributed by atoms with Gasteiger partial charge in [0.05, 0.1) is 9.88 Å². The third-order valence-electron chi connectivity index (χ3n) is 4.71. The molecule has 3 heterocycles. The number of phenolic OH excluding ortho intramolecular Hbond substituents is 1. The van der Waals surface area contributed by atoms with Crippen molar-refractivity contribution in [2.45, 2.75) is 19.3 Å². The van der Waals surface area contributed by atoms with E-state index in [4.69, 9.17) is 16.0 Å². The molecule has 0 radical (unpaired) electrons. The smallest absolute Gasteiger partial charge is 0.261 e. The molecule has 0 aliphatic carbocycles. The van der Waals surface area contributed by atoms with Gasteiger partial charge in [0, 0.05) is 24.5 Å². The van der Waals surface area contributed by atoms with Gasteiger partial charge < -0.3 is 19.5 Å². The zero-order chi connectivity index (χ0) is 19.7. The number of piperidine rings is 1. The quantitative estimate of drug-likeness (QED) is 0.621. The first kappa shape index (κ1) is 18.8. The van der Waals surface area contributed by atoms with E-state index in [1.165, 1.54) is 42.7 Å². The fourth-order valence-corrected chi connectivity index (χ4v) is 4.45. The second kappa shape index (κ2) is 7.85. The number of amides is 1. The Morgan fingerprint density at radius 2 is 1.96 bits per heavy atom. The zero-order valence-corrected chi connectivity index (χ0v) is 16.6. The average molecular weight is 419 g/mol. The van der Waals surface area contributed by atoms with E-state index in [-0.39, 0.29) is 28.5 Å². The largest absolute Gasteiger partial charge is 0.508 e. The van der Waals surface area contributed by atoms with E-state index in [0.717, 1.165) is 23.0 Å². The van der Waals surface area contributed by atoms with Gasteiger partial charge >= 0.3 is 0 Å². The van der Waals surface area contributed by atoms with Gasteiger partial charge in [0.1, 0.15) is 22.6 Å². The van der Waals surface area contributed by atoms with Gasteiger partial charge in [-0.15, -0.1) is 22.9 Å². The summed E-state index contributed by atoms with van der Waals surface area (Å²) in [5.41, 5.74) is 0.321. The van der Waals surface area contributed by atoms with Gasteiger partial charge in [0.2, 0.25) is 0 Å². The van der Waals surface area contributed by atoms with E-state index in [1.54, 1.807) is 6.07 Å². The lowest BCUT2D eigenvalue weighted by atomic mass is 10.1. The number of alkyl halides is 1. The number of benzene rings is 1. The van der Waals surface area contributed by atoms with E-state index >= 15 is 0 Å². The summed E-state index contributed by atoms with van der Waals surface area (Å²) < 4.78 is 5.89. The molecule has 4 rings (SSSR count). The maximum Gasteiger partial charge on any atom is 0.261 e. The number of rotatable bonds is 3. The Morgan fingerprint density at radius 1 is 1.18 bits per heavy atom. The molecule has 1 amide bonds. The summed E-state index contributed by atoms with van der Waals surface area (Å²) >= 11 is 7.09. The molecular weight excluding hydrogens is 400 g/mol. The van der Waals surface area contributed by atoms with E-state index in [1.807, 2.05) is 12.1 Å². The Hall–Kier alpha value is -2.51. The minimum Gasteiger partial charge on any atom is -0.508 e. The number of hydrogen-bond donors (Lipinski definition) is 2. The van der Waals surface area contributed by atoms with Crippen molar-refractivity contribution in [3.8, 4) is 22.1 Å². The van der Waals surface area contributed by atoms with Crippen LogP contribution in [0.1, 0.15) is 19.3 Å². The molecule has 0 unspecified atom stereocenters. The number of aromatic hydroxyl groups is 2. The van der Waals surface area contributed by atoms with Gasteiger partial charge in [-0.3, -0.25) is 4.79 Å². The first-order valence-electron chi connectivity index (χ1n) is 9.04. The number of anilines is 1. The van der Waals surface area contributed by atoms with Gasteiger partial charge in [-0.2, -0.15) is 0 Å². The van der Waals surface area contributed by atoms with Crippen LogP contribution in [-0.4, -0.2) is 35.1 Å². The van der Waals surface area contributed by atoms with Gasteiger partial charge in [-0.05, 0) is 43.5 Å². The highest BCUT2D eigenvalue weighted by Gasteiger charge is 2.19. The maximum atomic E-state index is 11.8. The standard InChI is InChI=1S/C20H19ClN2O4S/c21-11-16(25)22-18-13-5-4-12(24)10-14(13)27-20(19(18)26)15-6-7-17(28-15)23-8-2-1-3-9-23/h4-7,10,24,26H,1-3,8-9,11H2. The summed E-state index contributed by atoms with van der Waals surface area (Å²) in [7, 11) is 0. The van der Waals surface area contributed by atoms with Crippen LogP contribution in [0.4, 0.5) is 5.00 Å². The molecule has 0 bridgehead atoms. The van der Waals surface area contributed by atoms with Crippen LogP contribution >= 0.6 is 22.9 Å². The zero-order valence-electron chi connectivity index (χ0n) is 15.0.